The van der Waals surface area contributed by atoms with Crippen LogP contribution in [-0.2, 0) is 21.4 Å². The first kappa shape index (κ1) is 18.3. The molecular weight excluding hydrogens is 352 g/mol. The zero-order valence-electron chi connectivity index (χ0n) is 14.8. The number of ether oxygens (including phenoxy) is 1. The average Bonchev–Trinajstić information content (AvgIpc) is 2.67. The second kappa shape index (κ2) is 7.37. The van der Waals surface area contributed by atoms with Crippen LogP contribution in [0, 0.1) is 0 Å². The Labute approximate surface area is 154 Å². The van der Waals surface area contributed by atoms with Gasteiger partial charge in [-0.1, -0.05) is 42.5 Å². The molecule has 0 N–H and O–H groups in total. The highest BCUT2D eigenvalue weighted by atomic mass is 32.2. The molecule has 2 aromatic rings. The van der Waals surface area contributed by atoms with Gasteiger partial charge in [0.1, 0.15) is 5.75 Å². The smallest absolute Gasteiger partial charge is 0.265 e. The van der Waals surface area contributed by atoms with E-state index in [1.54, 1.807) is 43.1 Å². The maximum Gasteiger partial charge on any atom is 0.265 e. The summed E-state index contributed by atoms with van der Waals surface area (Å²) in [7, 11) is -1.81. The first-order chi connectivity index (χ1) is 12.4. The van der Waals surface area contributed by atoms with E-state index >= 15 is 0 Å². The van der Waals surface area contributed by atoms with Gasteiger partial charge < -0.3 is 9.64 Å². The van der Waals surface area contributed by atoms with E-state index in [0.717, 1.165) is 5.56 Å². The molecule has 138 valence electrons. The second-order valence-electron chi connectivity index (χ2n) is 6.19. The monoisotopic (exact) mass is 374 g/mol. The normalized spacial score (nSPS) is 16.5. The van der Waals surface area contributed by atoms with Crippen molar-refractivity contribution in [3.63, 3.8) is 0 Å². The summed E-state index contributed by atoms with van der Waals surface area (Å²) in [6, 6.07) is 16.5. The van der Waals surface area contributed by atoms with Crippen LogP contribution in [0.4, 0.5) is 5.69 Å². The molecule has 1 aliphatic heterocycles. The second-order valence-corrected chi connectivity index (χ2v) is 8.37. The highest BCUT2D eigenvalue weighted by molar-refractivity contribution is 7.92. The third-order valence-corrected chi connectivity index (χ3v) is 6.10. The Morgan fingerprint density at radius 1 is 1.15 bits per heavy atom. The van der Waals surface area contributed by atoms with Crippen LogP contribution in [0.15, 0.2) is 54.6 Å². The molecule has 0 fully saturated rings. The quantitative estimate of drug-likeness (QED) is 0.805. The molecule has 1 heterocycles. The van der Waals surface area contributed by atoms with Crippen molar-refractivity contribution in [2.24, 2.45) is 0 Å². The molecule has 26 heavy (non-hydrogen) atoms. The summed E-state index contributed by atoms with van der Waals surface area (Å²) in [5.74, 6) is 0.115. The van der Waals surface area contributed by atoms with Gasteiger partial charge in [0, 0.05) is 13.6 Å². The van der Waals surface area contributed by atoms with Gasteiger partial charge >= 0.3 is 0 Å². The van der Waals surface area contributed by atoms with Gasteiger partial charge in [-0.25, -0.2) is 8.42 Å². The van der Waals surface area contributed by atoms with Crippen molar-refractivity contribution in [2.45, 2.75) is 19.6 Å². The first-order valence-electron chi connectivity index (χ1n) is 8.47. The maximum absolute atomic E-state index is 12.9. The van der Waals surface area contributed by atoms with Gasteiger partial charge in [0.25, 0.3) is 5.91 Å². The van der Waals surface area contributed by atoms with Crippen LogP contribution in [-0.4, -0.2) is 44.7 Å². The number of nitrogens with zero attached hydrogens (tertiary/aromatic N) is 2. The third-order valence-electron chi connectivity index (χ3n) is 4.35. The molecule has 2 aromatic carbocycles. The van der Waals surface area contributed by atoms with Crippen LogP contribution in [0.2, 0.25) is 0 Å². The van der Waals surface area contributed by atoms with E-state index in [2.05, 4.69) is 0 Å². The summed E-state index contributed by atoms with van der Waals surface area (Å²) in [5.41, 5.74) is 1.47. The Balaban J connectivity index is 1.84. The first-order valence-corrected chi connectivity index (χ1v) is 10.1. The van der Waals surface area contributed by atoms with E-state index in [9.17, 15) is 13.2 Å². The van der Waals surface area contributed by atoms with Crippen LogP contribution in [0.5, 0.6) is 5.75 Å². The number of anilines is 1. The van der Waals surface area contributed by atoms with Gasteiger partial charge in [0.15, 0.2) is 6.10 Å². The van der Waals surface area contributed by atoms with Gasteiger partial charge in [0.2, 0.25) is 10.0 Å². The fourth-order valence-corrected chi connectivity index (χ4v) is 4.06. The van der Waals surface area contributed by atoms with Crippen molar-refractivity contribution in [1.29, 1.82) is 0 Å². The molecule has 0 spiro atoms. The van der Waals surface area contributed by atoms with E-state index < -0.39 is 16.1 Å². The average molecular weight is 374 g/mol. The number of benzene rings is 2. The van der Waals surface area contributed by atoms with Crippen LogP contribution in [0.3, 0.4) is 0 Å². The number of likely N-dealkylation sites (N-methyl/N-ethyl adjacent to an activating group) is 1. The summed E-state index contributed by atoms with van der Waals surface area (Å²) in [5, 5.41) is 0. The Kier molecular flexibility index (Phi) is 5.18. The molecule has 6 nitrogen and oxygen atoms in total. The summed E-state index contributed by atoms with van der Waals surface area (Å²) in [4.78, 5) is 14.4. The lowest BCUT2D eigenvalue weighted by atomic mass is 10.2. The van der Waals surface area contributed by atoms with Crippen molar-refractivity contribution < 1.29 is 17.9 Å². The lowest BCUT2D eigenvalue weighted by Gasteiger charge is -2.36. The molecule has 0 aliphatic carbocycles. The van der Waals surface area contributed by atoms with E-state index in [1.165, 1.54) is 4.31 Å². The number of sulfonamides is 1. The third kappa shape index (κ3) is 3.67. The number of amides is 1. The van der Waals surface area contributed by atoms with Crippen LogP contribution in [0.1, 0.15) is 12.5 Å². The molecule has 0 radical (unpaired) electrons. The molecule has 7 heteroatoms. The maximum atomic E-state index is 12.9. The topological polar surface area (TPSA) is 66.9 Å². The van der Waals surface area contributed by atoms with Crippen molar-refractivity contribution >= 4 is 21.6 Å². The van der Waals surface area contributed by atoms with E-state index in [0.29, 0.717) is 18.0 Å². The number of carbonyl (C=O) groups is 1. The van der Waals surface area contributed by atoms with Crippen molar-refractivity contribution in [3.05, 3.63) is 60.2 Å². The van der Waals surface area contributed by atoms with Gasteiger partial charge in [-0.3, -0.25) is 9.10 Å². The molecule has 0 aromatic heterocycles. The minimum absolute atomic E-state index is 0.0227. The van der Waals surface area contributed by atoms with E-state index in [1.807, 2.05) is 30.3 Å². The predicted octanol–water partition coefficient (Wildman–Crippen LogP) is 2.26. The van der Waals surface area contributed by atoms with Gasteiger partial charge in [-0.2, -0.15) is 0 Å². The lowest BCUT2D eigenvalue weighted by molar-refractivity contribution is -0.137. The molecule has 0 saturated heterocycles. The van der Waals surface area contributed by atoms with Gasteiger partial charge in [-0.05, 0) is 24.6 Å². The van der Waals surface area contributed by atoms with Crippen LogP contribution in [0.25, 0.3) is 0 Å². The molecule has 0 unspecified atom stereocenters. The predicted molar refractivity (Wildman–Crippen MR) is 101 cm³/mol. The van der Waals surface area contributed by atoms with Crippen molar-refractivity contribution in [1.82, 2.24) is 4.90 Å². The summed E-state index contributed by atoms with van der Waals surface area (Å²) in [6.07, 6.45) is -0.875. The van der Waals surface area contributed by atoms with Crippen LogP contribution >= 0.6 is 0 Å². The molecule has 1 atom stereocenters. The Morgan fingerprint density at radius 2 is 1.81 bits per heavy atom. The Hall–Kier alpha value is -2.54. The summed E-state index contributed by atoms with van der Waals surface area (Å²) >= 11 is 0. The molecule has 1 amide bonds. The highest BCUT2D eigenvalue weighted by Gasteiger charge is 2.37. The molecule has 0 saturated carbocycles. The number of rotatable bonds is 5. The fraction of sp³-hybridized carbons (Fsp3) is 0.316. The minimum Gasteiger partial charge on any atom is -0.476 e. The molecular formula is C19H22N2O4S. The van der Waals surface area contributed by atoms with Crippen molar-refractivity contribution in [3.8, 4) is 5.75 Å². The standard InChI is InChI=1S/C19H22N2O4S/c1-3-26(23,24)21-14-18(25-17-12-8-7-11-16(17)21)19(22)20(2)13-15-9-5-4-6-10-15/h4-12,18H,3,13-14H2,1-2H3/t18-/m1/s1. The fourth-order valence-electron chi connectivity index (χ4n) is 2.93. The SMILES string of the molecule is CCS(=O)(=O)N1C[C@H](C(=O)N(C)Cc2ccccc2)Oc2ccccc21. The van der Waals surface area contributed by atoms with Crippen molar-refractivity contribution in [2.75, 3.05) is 23.7 Å². The number of hydrogen-bond acceptors (Lipinski definition) is 4. The molecule has 1 aliphatic rings. The number of carbonyl (C=O) groups excluding carboxylic acids is 1. The van der Waals surface area contributed by atoms with Gasteiger partial charge in [-0.15, -0.1) is 0 Å². The largest absolute Gasteiger partial charge is 0.476 e. The number of hydrogen-bond donors (Lipinski definition) is 0. The van der Waals surface area contributed by atoms with Gasteiger partial charge in [0.05, 0.1) is 18.0 Å². The highest BCUT2D eigenvalue weighted by Crippen LogP contribution is 2.35. The number of fused-ring (bicyclic) bond motifs is 1. The number of para-hydroxylation sites is 2. The Morgan fingerprint density at radius 3 is 2.50 bits per heavy atom. The summed E-state index contributed by atoms with van der Waals surface area (Å²) < 4.78 is 32.1. The van der Waals surface area contributed by atoms with Crippen LogP contribution < -0.4 is 9.04 Å². The molecule has 3 rings (SSSR count). The minimum atomic E-state index is -3.50. The van der Waals surface area contributed by atoms with E-state index in [4.69, 9.17) is 4.74 Å². The zero-order valence-corrected chi connectivity index (χ0v) is 15.6. The zero-order chi connectivity index (χ0) is 18.7. The summed E-state index contributed by atoms with van der Waals surface area (Å²) in [6.45, 7) is 2.00. The molecule has 0 bridgehead atoms. The Bertz CT molecular complexity index is 883. The van der Waals surface area contributed by atoms with E-state index in [-0.39, 0.29) is 18.2 Å². The lowest BCUT2D eigenvalue weighted by Crippen LogP contribution is -2.51.